The molecule has 0 aromatic carbocycles. The molecule has 0 unspecified atom stereocenters. The second-order valence-corrected chi connectivity index (χ2v) is 4.79. The van der Waals surface area contributed by atoms with Crippen molar-refractivity contribution < 1.29 is 5.11 Å². The molecule has 0 fully saturated rings. The Morgan fingerprint density at radius 1 is 1.62 bits per heavy atom. The third-order valence-electron chi connectivity index (χ3n) is 2.25. The van der Waals surface area contributed by atoms with Crippen LogP contribution < -0.4 is 11.3 Å². The fourth-order valence-corrected chi connectivity index (χ4v) is 1.45. The molecule has 0 saturated heterocycles. The van der Waals surface area contributed by atoms with E-state index in [1.54, 1.807) is 32.2 Å². The average molecular weight is 240 g/mol. The largest absolute Gasteiger partial charge is 0.390 e. The maximum absolute atomic E-state index is 11.8. The van der Waals surface area contributed by atoms with Crippen molar-refractivity contribution in [3.05, 3.63) is 34.2 Å². The van der Waals surface area contributed by atoms with E-state index in [1.807, 2.05) is 0 Å². The summed E-state index contributed by atoms with van der Waals surface area (Å²) in [6.45, 7) is 3.85. The van der Waals surface area contributed by atoms with Crippen molar-refractivity contribution in [2.24, 2.45) is 5.73 Å². The first kappa shape index (κ1) is 12.9. The van der Waals surface area contributed by atoms with Crippen LogP contribution in [-0.2, 0) is 6.54 Å². The maximum Gasteiger partial charge on any atom is 0.260 e. The van der Waals surface area contributed by atoms with Crippen LogP contribution in [0.3, 0.4) is 0 Å². The molecule has 0 aliphatic carbocycles. The zero-order chi connectivity index (χ0) is 12.3. The molecule has 0 amide bonds. The highest BCUT2D eigenvalue weighted by molar-refractivity contribution is 7.80. The van der Waals surface area contributed by atoms with Crippen LogP contribution in [0, 0.1) is 0 Å². The van der Waals surface area contributed by atoms with E-state index in [1.165, 1.54) is 4.57 Å². The van der Waals surface area contributed by atoms with Gasteiger partial charge in [0.1, 0.15) is 4.99 Å². The van der Waals surface area contributed by atoms with E-state index in [9.17, 15) is 9.90 Å². The molecule has 5 heteroatoms. The molecule has 16 heavy (non-hydrogen) atoms. The van der Waals surface area contributed by atoms with E-state index in [0.717, 1.165) is 0 Å². The number of hydrogen-bond acceptors (Lipinski definition) is 3. The number of aliphatic hydroxyl groups is 1. The fraction of sp³-hybridized carbons (Fsp3) is 0.455. The molecular formula is C11H16N2O2S. The predicted octanol–water partition coefficient (Wildman–Crippen LogP) is 0.644. The van der Waals surface area contributed by atoms with Crippen LogP contribution in [0.1, 0.15) is 25.8 Å². The second-order valence-electron chi connectivity index (χ2n) is 4.35. The highest BCUT2D eigenvalue weighted by atomic mass is 32.1. The van der Waals surface area contributed by atoms with E-state index in [0.29, 0.717) is 18.5 Å². The molecule has 0 atom stereocenters. The normalized spacial score (nSPS) is 11.4. The zero-order valence-corrected chi connectivity index (χ0v) is 10.3. The van der Waals surface area contributed by atoms with Gasteiger partial charge in [-0.3, -0.25) is 4.79 Å². The second kappa shape index (κ2) is 4.76. The summed E-state index contributed by atoms with van der Waals surface area (Å²) in [5.74, 6) is 0. The van der Waals surface area contributed by atoms with Crippen molar-refractivity contribution in [2.75, 3.05) is 0 Å². The van der Waals surface area contributed by atoms with Gasteiger partial charge >= 0.3 is 0 Å². The van der Waals surface area contributed by atoms with Gasteiger partial charge in [-0.2, -0.15) is 0 Å². The number of nitrogens with two attached hydrogens (primary N) is 1. The van der Waals surface area contributed by atoms with Crippen LogP contribution in [0.5, 0.6) is 0 Å². The molecule has 1 aromatic heterocycles. The van der Waals surface area contributed by atoms with Crippen LogP contribution >= 0.6 is 12.2 Å². The topological polar surface area (TPSA) is 68.2 Å². The van der Waals surface area contributed by atoms with Gasteiger partial charge in [-0.1, -0.05) is 12.2 Å². The molecule has 1 aromatic rings. The third-order valence-corrected chi connectivity index (χ3v) is 2.47. The first-order valence-corrected chi connectivity index (χ1v) is 5.44. The summed E-state index contributed by atoms with van der Waals surface area (Å²) in [4.78, 5) is 11.9. The summed E-state index contributed by atoms with van der Waals surface area (Å²) in [6.07, 6.45) is 2.16. The first-order chi connectivity index (χ1) is 7.31. The number of thiocarbonyl (C=S) groups is 1. The standard InChI is InChI=1S/C11H16N2O2S/c1-11(2,15)5-7-13-6-3-4-8(9(12)16)10(13)14/h3-4,6,15H,5,7H2,1-2H3,(H2,12,16). The van der Waals surface area contributed by atoms with E-state index in [2.05, 4.69) is 0 Å². The van der Waals surface area contributed by atoms with Gasteiger partial charge in [-0.25, -0.2) is 0 Å². The highest BCUT2D eigenvalue weighted by Crippen LogP contribution is 2.08. The van der Waals surface area contributed by atoms with Gasteiger partial charge in [0.05, 0.1) is 11.2 Å². The van der Waals surface area contributed by atoms with E-state index < -0.39 is 5.60 Å². The van der Waals surface area contributed by atoms with Gasteiger partial charge < -0.3 is 15.4 Å². The number of pyridine rings is 1. The lowest BCUT2D eigenvalue weighted by Crippen LogP contribution is -2.31. The van der Waals surface area contributed by atoms with Crippen LogP contribution in [0.2, 0.25) is 0 Å². The quantitative estimate of drug-likeness (QED) is 0.758. The molecule has 0 saturated carbocycles. The van der Waals surface area contributed by atoms with Crippen molar-refractivity contribution >= 4 is 17.2 Å². The molecule has 88 valence electrons. The Kier molecular flexibility index (Phi) is 3.83. The fourth-order valence-electron chi connectivity index (χ4n) is 1.29. The lowest BCUT2D eigenvalue weighted by atomic mass is 10.1. The van der Waals surface area contributed by atoms with Crippen molar-refractivity contribution in [1.82, 2.24) is 4.57 Å². The van der Waals surface area contributed by atoms with Gasteiger partial charge in [0.15, 0.2) is 0 Å². The number of rotatable bonds is 4. The SMILES string of the molecule is CC(C)(O)CCn1cccc(C(N)=S)c1=O. The van der Waals surface area contributed by atoms with Crippen LogP contribution in [-0.4, -0.2) is 20.3 Å². The Hall–Kier alpha value is -1.20. The monoisotopic (exact) mass is 240 g/mol. The molecule has 0 aliphatic rings. The average Bonchev–Trinajstić information content (AvgIpc) is 2.14. The Morgan fingerprint density at radius 3 is 2.75 bits per heavy atom. The molecule has 1 heterocycles. The maximum atomic E-state index is 11.8. The van der Waals surface area contributed by atoms with E-state index in [-0.39, 0.29) is 10.5 Å². The lowest BCUT2D eigenvalue weighted by Gasteiger charge is -2.17. The van der Waals surface area contributed by atoms with Crippen molar-refractivity contribution in [1.29, 1.82) is 0 Å². The molecule has 3 N–H and O–H groups in total. The smallest absolute Gasteiger partial charge is 0.260 e. The molecule has 0 radical (unpaired) electrons. The molecule has 1 rings (SSSR count). The summed E-state index contributed by atoms with van der Waals surface area (Å²) in [6, 6.07) is 3.32. The molecule has 4 nitrogen and oxygen atoms in total. The number of aromatic nitrogens is 1. The first-order valence-electron chi connectivity index (χ1n) is 5.03. The molecule has 0 spiro atoms. The lowest BCUT2D eigenvalue weighted by molar-refractivity contribution is 0.0659. The van der Waals surface area contributed by atoms with Crippen LogP contribution in [0.25, 0.3) is 0 Å². The highest BCUT2D eigenvalue weighted by Gasteiger charge is 2.13. The van der Waals surface area contributed by atoms with E-state index >= 15 is 0 Å². The summed E-state index contributed by atoms with van der Waals surface area (Å²) in [5, 5.41) is 9.58. The molecular weight excluding hydrogens is 224 g/mol. The van der Waals surface area contributed by atoms with Gasteiger partial charge in [0.25, 0.3) is 5.56 Å². The van der Waals surface area contributed by atoms with Gasteiger partial charge in [-0.15, -0.1) is 0 Å². The Labute approximate surface area is 99.7 Å². The Balaban J connectivity index is 2.95. The van der Waals surface area contributed by atoms with Crippen molar-refractivity contribution in [3.63, 3.8) is 0 Å². The minimum atomic E-state index is -0.793. The number of aryl methyl sites for hydroxylation is 1. The summed E-state index contributed by atoms with van der Waals surface area (Å²) >= 11 is 4.78. The summed E-state index contributed by atoms with van der Waals surface area (Å²) in [7, 11) is 0. The number of hydrogen-bond donors (Lipinski definition) is 2. The molecule has 0 aliphatic heterocycles. The van der Waals surface area contributed by atoms with Gasteiger partial charge in [0, 0.05) is 12.7 Å². The van der Waals surface area contributed by atoms with E-state index in [4.69, 9.17) is 18.0 Å². The van der Waals surface area contributed by atoms with Crippen LogP contribution in [0.4, 0.5) is 0 Å². The summed E-state index contributed by atoms with van der Waals surface area (Å²) in [5.41, 5.74) is 4.77. The third kappa shape index (κ3) is 3.43. The van der Waals surface area contributed by atoms with Crippen molar-refractivity contribution in [2.45, 2.75) is 32.4 Å². The van der Waals surface area contributed by atoms with Crippen molar-refractivity contribution in [3.8, 4) is 0 Å². The minimum absolute atomic E-state index is 0.0996. The van der Waals surface area contributed by atoms with Gasteiger partial charge in [0.2, 0.25) is 0 Å². The van der Waals surface area contributed by atoms with Crippen LogP contribution in [0.15, 0.2) is 23.1 Å². The van der Waals surface area contributed by atoms with Gasteiger partial charge in [-0.05, 0) is 32.4 Å². The Morgan fingerprint density at radius 2 is 2.25 bits per heavy atom. The Bertz CT molecular complexity index is 446. The minimum Gasteiger partial charge on any atom is -0.390 e. The number of nitrogens with zero attached hydrogens (tertiary/aromatic N) is 1. The zero-order valence-electron chi connectivity index (χ0n) is 9.43. The summed E-state index contributed by atoms with van der Waals surface area (Å²) < 4.78 is 1.51. The predicted molar refractivity (Wildman–Crippen MR) is 67.5 cm³/mol. The molecule has 0 bridgehead atoms.